The highest BCUT2D eigenvalue weighted by atomic mass is 35.5. The number of rotatable bonds is 5. The van der Waals surface area contributed by atoms with Gasteiger partial charge in [-0.2, -0.15) is 0 Å². The van der Waals surface area contributed by atoms with E-state index in [-0.39, 0.29) is 21.3 Å². The average molecular weight is 435 g/mol. The van der Waals surface area contributed by atoms with E-state index in [1.165, 1.54) is 38.3 Å². The van der Waals surface area contributed by atoms with E-state index in [1.807, 2.05) is 0 Å². The van der Waals surface area contributed by atoms with Crippen LogP contribution in [0.3, 0.4) is 0 Å². The molecule has 1 aliphatic heterocycles. The summed E-state index contributed by atoms with van der Waals surface area (Å²) in [5, 5.41) is 10.3. The van der Waals surface area contributed by atoms with E-state index >= 15 is 0 Å². The molecule has 0 unspecified atom stereocenters. The summed E-state index contributed by atoms with van der Waals surface area (Å²) in [4.78, 5) is 48.1. The predicted octanol–water partition coefficient (Wildman–Crippen LogP) is 2.56. The lowest BCUT2D eigenvalue weighted by molar-refractivity contribution is -0.255. The molecule has 1 aliphatic rings. The molecule has 1 aromatic heterocycles. The number of hydrogen-bond donors (Lipinski definition) is 0. The molecule has 0 N–H and O–H groups in total. The van der Waals surface area contributed by atoms with Crippen LogP contribution in [-0.2, 0) is 14.3 Å². The van der Waals surface area contributed by atoms with Crippen molar-refractivity contribution in [2.45, 2.75) is 13.0 Å². The Morgan fingerprint density at radius 3 is 2.62 bits per heavy atom. The third-order valence-electron chi connectivity index (χ3n) is 4.13. The minimum absolute atomic E-state index is 0.00151. The molecule has 1 saturated heterocycles. The molecule has 1 fully saturated rings. The third kappa shape index (κ3) is 4.06. The van der Waals surface area contributed by atoms with E-state index in [2.05, 4.69) is 4.74 Å². The van der Waals surface area contributed by atoms with Gasteiger partial charge in [0.05, 0.1) is 23.0 Å². The molecule has 1 atom stereocenters. The van der Waals surface area contributed by atoms with Gasteiger partial charge < -0.3 is 19.1 Å². The molecule has 2 aromatic rings. The molecule has 150 valence electrons. The number of methoxy groups -OCH3 is 1. The lowest BCUT2D eigenvalue weighted by Gasteiger charge is -2.18. The Balaban J connectivity index is 1.84. The highest BCUT2D eigenvalue weighted by molar-refractivity contribution is 8.18. The molecular formula is C19H13ClNO7S-. The Kier molecular flexibility index (Phi) is 5.81. The van der Waals surface area contributed by atoms with Gasteiger partial charge >= 0.3 is 5.97 Å². The van der Waals surface area contributed by atoms with E-state index in [9.17, 15) is 24.3 Å². The lowest BCUT2D eigenvalue weighted by Crippen LogP contribution is -2.42. The molecule has 3 rings (SSSR count). The van der Waals surface area contributed by atoms with Crippen molar-refractivity contribution in [1.82, 2.24) is 4.90 Å². The molecule has 0 spiro atoms. The minimum atomic E-state index is -1.39. The first kappa shape index (κ1) is 20.7. The second-order valence-corrected chi connectivity index (χ2v) is 7.34. The first-order valence-corrected chi connectivity index (χ1v) is 9.38. The highest BCUT2D eigenvalue weighted by Gasteiger charge is 2.41. The summed E-state index contributed by atoms with van der Waals surface area (Å²) < 4.78 is 10.2. The number of carbonyl (C=O) groups excluding carboxylic acids is 4. The maximum atomic E-state index is 12.5. The van der Waals surface area contributed by atoms with Crippen LogP contribution in [0.15, 0.2) is 39.7 Å². The highest BCUT2D eigenvalue weighted by Crippen LogP contribution is 2.35. The van der Waals surface area contributed by atoms with Crippen LogP contribution in [0.25, 0.3) is 17.4 Å². The van der Waals surface area contributed by atoms with E-state index in [0.717, 1.165) is 4.90 Å². The summed E-state index contributed by atoms with van der Waals surface area (Å²) in [6.45, 7) is 1.40. The van der Waals surface area contributed by atoms with Crippen molar-refractivity contribution in [1.29, 1.82) is 0 Å². The van der Waals surface area contributed by atoms with Crippen LogP contribution in [0, 0.1) is 0 Å². The molecule has 8 nitrogen and oxygen atoms in total. The Labute approximate surface area is 174 Å². The van der Waals surface area contributed by atoms with Crippen molar-refractivity contribution in [2.75, 3.05) is 7.11 Å². The quantitative estimate of drug-likeness (QED) is 0.520. The van der Waals surface area contributed by atoms with Gasteiger partial charge in [-0.3, -0.25) is 14.5 Å². The number of imide groups is 1. The maximum absolute atomic E-state index is 12.5. The van der Waals surface area contributed by atoms with Gasteiger partial charge in [0.15, 0.2) is 0 Å². The van der Waals surface area contributed by atoms with E-state index < -0.39 is 29.1 Å². The zero-order valence-electron chi connectivity index (χ0n) is 15.1. The molecule has 10 heteroatoms. The van der Waals surface area contributed by atoms with Crippen LogP contribution in [0.4, 0.5) is 4.79 Å². The predicted molar refractivity (Wildman–Crippen MR) is 103 cm³/mol. The van der Waals surface area contributed by atoms with Gasteiger partial charge in [0.25, 0.3) is 11.1 Å². The molecule has 0 aliphatic carbocycles. The standard InChI is InChI=1S/C19H14ClNO7S/c1-9(18(25)27-2)21-16(22)15(29-19(21)26)8-11-4-6-14(28-11)10-3-5-12(17(23)24)13(20)7-10/h3-9H,1-2H3,(H,23,24)/p-1/b15-8+/t9-/m1/s1. The minimum Gasteiger partial charge on any atom is -0.545 e. The zero-order valence-corrected chi connectivity index (χ0v) is 16.7. The summed E-state index contributed by atoms with van der Waals surface area (Å²) in [6, 6.07) is 6.36. The Morgan fingerprint density at radius 1 is 1.28 bits per heavy atom. The molecule has 0 bridgehead atoms. The summed E-state index contributed by atoms with van der Waals surface area (Å²) in [5.74, 6) is -2.05. The molecular weight excluding hydrogens is 422 g/mol. The topological polar surface area (TPSA) is 117 Å². The van der Waals surface area contributed by atoms with Crippen molar-refractivity contribution in [3.05, 3.63) is 51.6 Å². The summed E-state index contributed by atoms with van der Waals surface area (Å²) in [6.07, 6.45) is 1.38. The number of aromatic carboxylic acids is 1. The van der Waals surface area contributed by atoms with Crippen LogP contribution in [0.2, 0.25) is 5.02 Å². The number of furan rings is 1. The molecule has 0 radical (unpaired) electrons. The Hall–Kier alpha value is -3.04. The second kappa shape index (κ2) is 8.14. The van der Waals surface area contributed by atoms with Gasteiger partial charge in [-0.25, -0.2) is 4.79 Å². The molecule has 2 amide bonds. The summed E-state index contributed by atoms with van der Waals surface area (Å²) >= 11 is 6.62. The number of thioether (sulfide) groups is 1. The molecule has 2 heterocycles. The SMILES string of the molecule is COC(=O)[C@@H](C)N1C(=O)S/C(=C/c2ccc(-c3ccc(C(=O)[O-])c(Cl)c3)o2)C1=O. The molecule has 1 aromatic carbocycles. The Bertz CT molecular complexity index is 1060. The normalized spacial score (nSPS) is 16.4. The van der Waals surface area contributed by atoms with Crippen molar-refractivity contribution >= 4 is 52.5 Å². The Morgan fingerprint density at radius 2 is 2.00 bits per heavy atom. The number of amides is 2. The van der Waals surface area contributed by atoms with Crippen LogP contribution in [0.5, 0.6) is 0 Å². The van der Waals surface area contributed by atoms with Gasteiger partial charge in [-0.1, -0.05) is 23.7 Å². The van der Waals surface area contributed by atoms with E-state index in [0.29, 0.717) is 23.1 Å². The second-order valence-electron chi connectivity index (χ2n) is 5.93. The fraction of sp³-hybridized carbons (Fsp3) is 0.158. The molecule has 29 heavy (non-hydrogen) atoms. The van der Waals surface area contributed by atoms with Crippen molar-refractivity contribution in [3.63, 3.8) is 0 Å². The number of benzene rings is 1. The van der Waals surface area contributed by atoms with Crippen LogP contribution >= 0.6 is 23.4 Å². The van der Waals surface area contributed by atoms with Gasteiger partial charge in [-0.05, 0) is 36.9 Å². The maximum Gasteiger partial charge on any atom is 0.328 e. The van der Waals surface area contributed by atoms with E-state index in [4.69, 9.17) is 16.0 Å². The fourth-order valence-electron chi connectivity index (χ4n) is 2.64. The smallest absolute Gasteiger partial charge is 0.328 e. The first-order chi connectivity index (χ1) is 13.7. The van der Waals surface area contributed by atoms with Gasteiger partial charge in [-0.15, -0.1) is 0 Å². The van der Waals surface area contributed by atoms with Crippen molar-refractivity contribution < 1.29 is 33.4 Å². The largest absolute Gasteiger partial charge is 0.545 e. The van der Waals surface area contributed by atoms with Crippen molar-refractivity contribution in [2.24, 2.45) is 0 Å². The van der Waals surface area contributed by atoms with Gasteiger partial charge in [0, 0.05) is 17.2 Å². The number of nitrogens with zero attached hydrogens (tertiary/aromatic N) is 1. The van der Waals surface area contributed by atoms with Crippen LogP contribution in [0.1, 0.15) is 23.0 Å². The van der Waals surface area contributed by atoms with E-state index in [1.54, 1.807) is 12.1 Å². The first-order valence-electron chi connectivity index (χ1n) is 8.19. The van der Waals surface area contributed by atoms with Crippen LogP contribution < -0.4 is 5.11 Å². The lowest BCUT2D eigenvalue weighted by atomic mass is 10.1. The third-order valence-corrected chi connectivity index (χ3v) is 5.32. The monoisotopic (exact) mass is 434 g/mol. The number of esters is 1. The average Bonchev–Trinajstić information content (AvgIpc) is 3.25. The van der Waals surface area contributed by atoms with Gasteiger partial charge in [0.2, 0.25) is 0 Å². The number of carboxylic acids is 1. The number of hydrogen-bond acceptors (Lipinski definition) is 8. The zero-order chi connectivity index (χ0) is 21.3. The summed E-state index contributed by atoms with van der Waals surface area (Å²) in [5.41, 5.74) is 0.377. The molecule has 0 saturated carbocycles. The van der Waals surface area contributed by atoms with Crippen molar-refractivity contribution in [3.8, 4) is 11.3 Å². The van der Waals surface area contributed by atoms with Gasteiger partial charge in [0.1, 0.15) is 17.6 Å². The van der Waals surface area contributed by atoms with Crippen LogP contribution in [-0.4, -0.2) is 41.1 Å². The number of carboxylic acid groups (broad SMARTS) is 1. The fourth-order valence-corrected chi connectivity index (χ4v) is 3.78. The number of halogens is 1. The summed E-state index contributed by atoms with van der Waals surface area (Å²) in [7, 11) is 1.17. The number of carbonyl (C=O) groups is 4. The number of ether oxygens (including phenoxy) is 1.